The molecule has 2 aromatic rings. The van der Waals surface area contributed by atoms with Crippen LogP contribution in [0.4, 0.5) is 11.4 Å². The van der Waals surface area contributed by atoms with Crippen molar-refractivity contribution in [3.8, 4) is 11.5 Å². The number of methoxy groups -OCH3 is 2. The number of nitrogens with zero attached hydrogens (tertiary/aromatic N) is 2. The number of nitrogens with one attached hydrogen (secondary N) is 1. The Morgan fingerprint density at radius 3 is 2.41 bits per heavy atom. The average molecular weight is 436 g/mol. The van der Waals surface area contributed by atoms with E-state index in [0.717, 1.165) is 16.9 Å². The van der Waals surface area contributed by atoms with Crippen LogP contribution >= 0.6 is 0 Å². The number of allylic oxidation sites excluding steroid dienone is 1. The van der Waals surface area contributed by atoms with Crippen LogP contribution in [0.3, 0.4) is 0 Å². The molecule has 0 radical (unpaired) electrons. The number of Topliss-reactive ketones (excluding diaryl/α,β-unsaturated/α-hetero) is 1. The molecule has 0 aliphatic carbocycles. The van der Waals surface area contributed by atoms with Crippen LogP contribution in [0.15, 0.2) is 58.7 Å². The highest BCUT2D eigenvalue weighted by atomic mass is 16.5. The minimum Gasteiger partial charge on any atom is -0.497 e. The Balaban J connectivity index is 1.91. The highest BCUT2D eigenvalue weighted by molar-refractivity contribution is 6.37. The van der Waals surface area contributed by atoms with Crippen LogP contribution in [-0.4, -0.2) is 49.6 Å². The summed E-state index contributed by atoms with van der Waals surface area (Å²) in [5.74, 6) is 1.70. The summed E-state index contributed by atoms with van der Waals surface area (Å²) in [4.78, 5) is 20.4. The highest BCUT2D eigenvalue weighted by Gasteiger charge is 2.53. The van der Waals surface area contributed by atoms with Gasteiger partial charge >= 0.3 is 0 Å². The van der Waals surface area contributed by atoms with E-state index in [2.05, 4.69) is 16.4 Å². The summed E-state index contributed by atoms with van der Waals surface area (Å²) >= 11 is 0. The van der Waals surface area contributed by atoms with Gasteiger partial charge < -0.3 is 24.8 Å². The predicted molar refractivity (Wildman–Crippen MR) is 126 cm³/mol. The molecule has 2 heterocycles. The van der Waals surface area contributed by atoms with Gasteiger partial charge in [0.05, 0.1) is 31.6 Å². The lowest BCUT2D eigenvalue weighted by atomic mass is 9.88. The maximum Gasteiger partial charge on any atom is 0.194 e. The van der Waals surface area contributed by atoms with Crippen LogP contribution in [0.5, 0.6) is 11.5 Å². The normalized spacial score (nSPS) is 24.5. The number of aliphatic imine (C=N–C) groups is 1. The van der Waals surface area contributed by atoms with Crippen LogP contribution in [0.2, 0.25) is 0 Å². The van der Waals surface area contributed by atoms with Crippen molar-refractivity contribution >= 4 is 23.0 Å². The minimum absolute atomic E-state index is 0.0731. The first-order valence-corrected chi connectivity index (χ1v) is 10.6. The molecule has 7 heteroatoms. The third-order valence-electron chi connectivity index (χ3n) is 6.12. The van der Waals surface area contributed by atoms with Crippen molar-refractivity contribution in [2.75, 3.05) is 31.5 Å². The first-order valence-electron chi connectivity index (χ1n) is 10.6. The molecule has 2 unspecified atom stereocenters. The lowest BCUT2D eigenvalue weighted by Gasteiger charge is -2.36. The van der Waals surface area contributed by atoms with Crippen LogP contribution in [0.25, 0.3) is 0 Å². The number of para-hydroxylation sites is 1. The Bertz CT molecular complexity index is 1070. The lowest BCUT2D eigenvalue weighted by Crippen LogP contribution is -2.49. The number of amidine groups is 1. The molecule has 2 aliphatic heterocycles. The summed E-state index contributed by atoms with van der Waals surface area (Å²) in [6.45, 7) is 3.55. The maximum absolute atomic E-state index is 14.0. The second-order valence-electron chi connectivity index (χ2n) is 8.42. The zero-order chi connectivity index (χ0) is 23.0. The van der Waals surface area contributed by atoms with Crippen molar-refractivity contribution in [1.29, 1.82) is 0 Å². The van der Waals surface area contributed by atoms with Crippen molar-refractivity contribution in [3.63, 3.8) is 0 Å². The van der Waals surface area contributed by atoms with Gasteiger partial charge in [0.2, 0.25) is 0 Å². The van der Waals surface area contributed by atoms with Gasteiger partial charge in [0.1, 0.15) is 22.9 Å². The van der Waals surface area contributed by atoms with Crippen LogP contribution in [-0.2, 0) is 11.2 Å². The van der Waals surface area contributed by atoms with E-state index < -0.39 is 11.6 Å². The lowest BCUT2D eigenvalue weighted by molar-refractivity contribution is -0.119. The molecule has 0 spiro atoms. The molecule has 2 aliphatic rings. The van der Waals surface area contributed by atoms with Gasteiger partial charge in [-0.2, -0.15) is 0 Å². The van der Waals surface area contributed by atoms with E-state index in [0.29, 0.717) is 35.0 Å². The summed E-state index contributed by atoms with van der Waals surface area (Å²) < 4.78 is 10.9. The van der Waals surface area contributed by atoms with Crippen molar-refractivity contribution < 1.29 is 19.4 Å². The summed E-state index contributed by atoms with van der Waals surface area (Å²) in [6.07, 6.45) is 0.180. The Morgan fingerprint density at radius 1 is 1.19 bits per heavy atom. The van der Waals surface area contributed by atoms with Gasteiger partial charge in [0.15, 0.2) is 5.78 Å². The zero-order valence-electron chi connectivity index (χ0n) is 19.1. The van der Waals surface area contributed by atoms with E-state index in [1.807, 2.05) is 42.2 Å². The second-order valence-corrected chi connectivity index (χ2v) is 8.42. The predicted octanol–water partition coefficient (Wildman–Crippen LogP) is 3.57. The molecule has 4 rings (SSSR count). The van der Waals surface area contributed by atoms with Crippen molar-refractivity contribution in [2.24, 2.45) is 4.99 Å². The first kappa shape index (κ1) is 21.9. The van der Waals surface area contributed by atoms with Crippen molar-refractivity contribution in [3.05, 3.63) is 59.3 Å². The molecule has 2 N–H and O–H groups in total. The quantitative estimate of drug-likeness (QED) is 0.699. The Kier molecular flexibility index (Phi) is 5.69. The molecule has 0 aromatic heterocycles. The Labute approximate surface area is 188 Å². The molecular weight excluding hydrogens is 406 g/mol. The van der Waals surface area contributed by atoms with Crippen LogP contribution in [0.1, 0.15) is 25.8 Å². The highest BCUT2D eigenvalue weighted by Crippen LogP contribution is 2.44. The Morgan fingerprint density at radius 2 is 1.84 bits per heavy atom. The number of aliphatic hydroxyl groups excluding tert-OH is 1. The molecule has 2 aromatic carbocycles. The maximum atomic E-state index is 14.0. The number of hydrogen-bond acceptors (Lipinski definition) is 6. The molecule has 1 fully saturated rings. The summed E-state index contributed by atoms with van der Waals surface area (Å²) in [5, 5.41) is 13.7. The molecule has 7 nitrogen and oxygen atoms in total. The van der Waals surface area contributed by atoms with Gasteiger partial charge in [-0.15, -0.1) is 0 Å². The number of aliphatic hydroxyl groups is 1. The van der Waals surface area contributed by atoms with E-state index >= 15 is 0 Å². The molecule has 32 heavy (non-hydrogen) atoms. The third-order valence-corrected chi connectivity index (χ3v) is 6.12. The number of rotatable bonds is 5. The fourth-order valence-corrected chi connectivity index (χ4v) is 4.73. The van der Waals surface area contributed by atoms with E-state index in [4.69, 9.17) is 9.47 Å². The van der Waals surface area contributed by atoms with Crippen LogP contribution in [0, 0.1) is 0 Å². The number of anilines is 2. The minimum atomic E-state index is -1.03. The van der Waals surface area contributed by atoms with Gasteiger partial charge in [-0.25, -0.2) is 0 Å². The fourth-order valence-electron chi connectivity index (χ4n) is 4.73. The number of ether oxygens (including phenoxy) is 2. The molecule has 0 saturated carbocycles. The molecule has 2 atom stereocenters. The standard InChI is InChI=1S/C25H29N3O4/c1-15(29)14-25(2)23(30)22(21-10-16-8-6-7-9-20(16)27-21)24(26-3)28(25)17-11-18(31-4)13-19(12-17)32-5/h6-9,11-13,15,27,29H,10,14H2,1-5H3. The molecular formula is C25H29N3O4. The van der Waals surface area contributed by atoms with E-state index in [-0.39, 0.29) is 12.2 Å². The number of carbonyl (C=O) groups is 1. The largest absolute Gasteiger partial charge is 0.497 e. The van der Waals surface area contributed by atoms with Gasteiger partial charge in [-0.05, 0) is 25.5 Å². The number of benzene rings is 2. The number of fused-ring (bicyclic) bond motifs is 1. The smallest absolute Gasteiger partial charge is 0.194 e. The number of ketones is 1. The van der Waals surface area contributed by atoms with Gasteiger partial charge in [0.25, 0.3) is 0 Å². The zero-order valence-corrected chi connectivity index (χ0v) is 19.1. The summed E-state index contributed by atoms with van der Waals surface area (Å²) in [5.41, 5.74) is 3.19. The second kappa shape index (κ2) is 8.31. The number of hydrogen-bond donors (Lipinski definition) is 2. The monoisotopic (exact) mass is 435 g/mol. The SMILES string of the molecule is CN=C1C(=C2Cc3ccccc3N2)C(=O)C(C)(CC(C)O)N1c1cc(OC)cc(OC)c1. The van der Waals surface area contributed by atoms with Gasteiger partial charge in [-0.1, -0.05) is 18.2 Å². The van der Waals surface area contributed by atoms with E-state index in [9.17, 15) is 9.90 Å². The molecule has 0 amide bonds. The Hall–Kier alpha value is -3.32. The fraction of sp³-hybridized carbons (Fsp3) is 0.360. The van der Waals surface area contributed by atoms with Gasteiger partial charge in [-0.3, -0.25) is 9.79 Å². The third kappa shape index (κ3) is 3.52. The average Bonchev–Trinajstić information content (AvgIpc) is 3.29. The first-order chi connectivity index (χ1) is 15.3. The van der Waals surface area contributed by atoms with Gasteiger partial charge in [0, 0.05) is 49.5 Å². The van der Waals surface area contributed by atoms with E-state index in [1.165, 1.54) is 0 Å². The topological polar surface area (TPSA) is 83.4 Å². The summed E-state index contributed by atoms with van der Waals surface area (Å²) in [7, 11) is 4.86. The molecule has 1 saturated heterocycles. The number of carbonyl (C=O) groups excluding carboxylic acids is 1. The van der Waals surface area contributed by atoms with Crippen molar-refractivity contribution in [1.82, 2.24) is 0 Å². The van der Waals surface area contributed by atoms with Crippen molar-refractivity contribution in [2.45, 2.75) is 38.3 Å². The summed E-state index contributed by atoms with van der Waals surface area (Å²) in [6, 6.07) is 13.5. The van der Waals surface area contributed by atoms with Crippen LogP contribution < -0.4 is 19.7 Å². The van der Waals surface area contributed by atoms with E-state index in [1.54, 1.807) is 34.3 Å². The molecule has 0 bridgehead atoms. The molecule has 168 valence electrons.